The average molecular weight is 275 g/mol. The first-order chi connectivity index (χ1) is 9.01. The van der Waals surface area contributed by atoms with Gasteiger partial charge in [0.2, 0.25) is 0 Å². The number of nitrogens with zero attached hydrogens (tertiary/aromatic N) is 2. The van der Waals surface area contributed by atoms with Crippen LogP contribution in [0.4, 0.5) is 5.69 Å². The van der Waals surface area contributed by atoms with Crippen molar-refractivity contribution in [2.24, 2.45) is 7.05 Å². The van der Waals surface area contributed by atoms with Gasteiger partial charge < -0.3 is 5.73 Å². The minimum absolute atomic E-state index is 0.833. The minimum Gasteiger partial charge on any atom is -0.395 e. The molecule has 2 N–H and O–H groups in total. The van der Waals surface area contributed by atoms with Crippen molar-refractivity contribution in [2.45, 2.75) is 38.0 Å². The van der Waals surface area contributed by atoms with Gasteiger partial charge in [-0.15, -0.1) is 0 Å². The molecule has 2 rings (SSSR count). The van der Waals surface area contributed by atoms with Crippen LogP contribution in [0.1, 0.15) is 29.3 Å². The first-order valence-electron chi connectivity index (χ1n) is 6.52. The second-order valence-corrected chi connectivity index (χ2v) is 5.89. The summed E-state index contributed by atoms with van der Waals surface area (Å²) in [5.41, 5.74) is 11.9. The summed E-state index contributed by atoms with van der Waals surface area (Å²) in [6, 6.07) is 6.66. The molecular formula is C15H21N3S. The molecule has 1 heterocycles. The topological polar surface area (TPSA) is 43.8 Å². The van der Waals surface area contributed by atoms with E-state index in [0.717, 1.165) is 28.6 Å². The van der Waals surface area contributed by atoms with Crippen LogP contribution in [-0.4, -0.2) is 9.78 Å². The van der Waals surface area contributed by atoms with Gasteiger partial charge in [0, 0.05) is 12.8 Å². The highest BCUT2D eigenvalue weighted by atomic mass is 32.2. The molecule has 1 aromatic carbocycles. The van der Waals surface area contributed by atoms with Crippen molar-refractivity contribution < 1.29 is 0 Å². The number of aryl methyl sites for hydroxylation is 4. The number of thioether (sulfide) groups is 1. The standard InChI is InChI=1S/C15H21N3S/c1-5-13-14(16)15(18(4)17-13)19-9-12-7-10(2)6-11(3)8-12/h6-8H,5,9,16H2,1-4H3. The zero-order valence-electron chi connectivity index (χ0n) is 12.0. The molecule has 0 fully saturated rings. The molecule has 0 aliphatic rings. The summed E-state index contributed by atoms with van der Waals surface area (Å²) >= 11 is 1.76. The summed E-state index contributed by atoms with van der Waals surface area (Å²) in [6.07, 6.45) is 0.879. The molecule has 0 radical (unpaired) electrons. The molecule has 102 valence electrons. The summed E-state index contributed by atoms with van der Waals surface area (Å²) in [7, 11) is 1.96. The van der Waals surface area contributed by atoms with Gasteiger partial charge in [0.1, 0.15) is 5.03 Å². The second kappa shape index (κ2) is 5.70. The average Bonchev–Trinajstić information content (AvgIpc) is 2.61. The molecular weight excluding hydrogens is 254 g/mol. The fraction of sp³-hybridized carbons (Fsp3) is 0.400. The van der Waals surface area contributed by atoms with Gasteiger partial charge in [-0.2, -0.15) is 5.10 Å². The summed E-state index contributed by atoms with van der Waals surface area (Å²) in [6.45, 7) is 6.35. The third kappa shape index (κ3) is 3.13. The first kappa shape index (κ1) is 14.0. The Kier molecular flexibility index (Phi) is 4.20. The second-order valence-electron chi connectivity index (χ2n) is 4.93. The molecule has 0 bridgehead atoms. The molecule has 0 saturated heterocycles. The Morgan fingerprint density at radius 1 is 1.21 bits per heavy atom. The smallest absolute Gasteiger partial charge is 0.117 e. The Morgan fingerprint density at radius 2 is 1.84 bits per heavy atom. The molecule has 0 aliphatic heterocycles. The maximum absolute atomic E-state index is 6.13. The van der Waals surface area contributed by atoms with E-state index in [-0.39, 0.29) is 0 Å². The van der Waals surface area contributed by atoms with E-state index >= 15 is 0 Å². The molecule has 0 spiro atoms. The van der Waals surface area contributed by atoms with E-state index in [0.29, 0.717) is 0 Å². The molecule has 19 heavy (non-hydrogen) atoms. The molecule has 2 aromatic rings. The Balaban J connectivity index is 2.16. The van der Waals surface area contributed by atoms with E-state index in [9.17, 15) is 0 Å². The number of hydrogen-bond donors (Lipinski definition) is 1. The van der Waals surface area contributed by atoms with Gasteiger partial charge in [0.15, 0.2) is 0 Å². The van der Waals surface area contributed by atoms with Gasteiger partial charge in [0.05, 0.1) is 11.4 Å². The van der Waals surface area contributed by atoms with Gasteiger partial charge in [-0.1, -0.05) is 48.0 Å². The number of nitrogens with two attached hydrogens (primary N) is 1. The third-order valence-electron chi connectivity index (χ3n) is 3.10. The van der Waals surface area contributed by atoms with Crippen molar-refractivity contribution in [3.05, 3.63) is 40.6 Å². The van der Waals surface area contributed by atoms with E-state index in [1.165, 1.54) is 16.7 Å². The van der Waals surface area contributed by atoms with Crippen LogP contribution in [0.2, 0.25) is 0 Å². The van der Waals surface area contributed by atoms with Crippen molar-refractivity contribution in [3.8, 4) is 0 Å². The fourth-order valence-electron chi connectivity index (χ4n) is 2.31. The largest absolute Gasteiger partial charge is 0.395 e. The van der Waals surface area contributed by atoms with Crippen LogP contribution in [-0.2, 0) is 19.2 Å². The fourth-order valence-corrected chi connectivity index (χ4v) is 3.29. The zero-order valence-corrected chi connectivity index (χ0v) is 12.8. The molecule has 0 saturated carbocycles. The minimum atomic E-state index is 0.833. The lowest BCUT2D eigenvalue weighted by molar-refractivity contribution is 0.687. The van der Waals surface area contributed by atoms with Crippen molar-refractivity contribution in [2.75, 3.05) is 5.73 Å². The highest BCUT2D eigenvalue weighted by Crippen LogP contribution is 2.30. The van der Waals surface area contributed by atoms with E-state index in [2.05, 4.69) is 44.1 Å². The van der Waals surface area contributed by atoms with E-state index in [4.69, 9.17) is 5.73 Å². The Morgan fingerprint density at radius 3 is 2.37 bits per heavy atom. The number of nitrogen functional groups attached to an aromatic ring is 1. The number of aromatic nitrogens is 2. The van der Waals surface area contributed by atoms with Crippen LogP contribution < -0.4 is 5.73 Å². The maximum Gasteiger partial charge on any atom is 0.117 e. The summed E-state index contributed by atoms with van der Waals surface area (Å²) < 4.78 is 1.89. The number of rotatable bonds is 4. The predicted octanol–water partition coefficient (Wildman–Crippen LogP) is 3.47. The third-order valence-corrected chi connectivity index (χ3v) is 4.33. The van der Waals surface area contributed by atoms with Crippen molar-refractivity contribution in [3.63, 3.8) is 0 Å². The van der Waals surface area contributed by atoms with Gasteiger partial charge in [-0.25, -0.2) is 0 Å². The van der Waals surface area contributed by atoms with Gasteiger partial charge >= 0.3 is 0 Å². The van der Waals surface area contributed by atoms with Crippen LogP contribution in [0.5, 0.6) is 0 Å². The Bertz CT molecular complexity index is 567. The summed E-state index contributed by atoms with van der Waals surface area (Å²) in [5.74, 6) is 0.926. The highest BCUT2D eigenvalue weighted by molar-refractivity contribution is 7.98. The summed E-state index contributed by atoms with van der Waals surface area (Å²) in [5, 5.41) is 5.51. The highest BCUT2D eigenvalue weighted by Gasteiger charge is 2.12. The van der Waals surface area contributed by atoms with Crippen LogP contribution >= 0.6 is 11.8 Å². The van der Waals surface area contributed by atoms with Gasteiger partial charge in [-0.3, -0.25) is 4.68 Å². The Labute approximate surface area is 119 Å². The van der Waals surface area contributed by atoms with Crippen molar-refractivity contribution in [1.29, 1.82) is 0 Å². The SMILES string of the molecule is CCc1nn(C)c(SCc2cc(C)cc(C)c2)c1N. The van der Waals surface area contributed by atoms with Crippen molar-refractivity contribution >= 4 is 17.4 Å². The molecule has 0 atom stereocenters. The number of hydrogen-bond acceptors (Lipinski definition) is 3. The Hall–Kier alpha value is -1.42. The molecule has 1 aromatic heterocycles. The first-order valence-corrected chi connectivity index (χ1v) is 7.51. The predicted molar refractivity (Wildman–Crippen MR) is 82.5 cm³/mol. The lowest BCUT2D eigenvalue weighted by Gasteiger charge is -2.06. The van der Waals surface area contributed by atoms with E-state index in [1.54, 1.807) is 11.8 Å². The lowest BCUT2D eigenvalue weighted by atomic mass is 10.1. The molecule has 4 heteroatoms. The number of benzene rings is 1. The molecule has 0 aliphatic carbocycles. The molecule has 0 unspecified atom stereocenters. The monoisotopic (exact) mass is 275 g/mol. The zero-order chi connectivity index (χ0) is 14.0. The van der Waals surface area contributed by atoms with Crippen LogP contribution in [0.25, 0.3) is 0 Å². The van der Waals surface area contributed by atoms with Gasteiger partial charge in [-0.05, 0) is 25.8 Å². The van der Waals surface area contributed by atoms with Crippen LogP contribution in [0.15, 0.2) is 23.2 Å². The van der Waals surface area contributed by atoms with E-state index < -0.39 is 0 Å². The lowest BCUT2D eigenvalue weighted by Crippen LogP contribution is -1.95. The quantitative estimate of drug-likeness (QED) is 0.869. The van der Waals surface area contributed by atoms with Crippen LogP contribution in [0.3, 0.4) is 0 Å². The maximum atomic E-state index is 6.13. The number of anilines is 1. The summed E-state index contributed by atoms with van der Waals surface area (Å²) in [4.78, 5) is 0. The van der Waals surface area contributed by atoms with E-state index in [1.807, 2.05) is 11.7 Å². The van der Waals surface area contributed by atoms with Gasteiger partial charge in [0.25, 0.3) is 0 Å². The van der Waals surface area contributed by atoms with Crippen molar-refractivity contribution in [1.82, 2.24) is 9.78 Å². The molecule has 0 amide bonds. The van der Waals surface area contributed by atoms with Crippen LogP contribution in [0, 0.1) is 13.8 Å². The normalized spacial score (nSPS) is 10.9. The molecule has 3 nitrogen and oxygen atoms in total.